The zero-order valence-electron chi connectivity index (χ0n) is 12.5. The van der Waals surface area contributed by atoms with Crippen molar-refractivity contribution in [3.63, 3.8) is 0 Å². The Kier molecular flexibility index (Phi) is 6.46. The van der Waals surface area contributed by atoms with E-state index in [4.69, 9.17) is 5.11 Å². The summed E-state index contributed by atoms with van der Waals surface area (Å²) in [5.41, 5.74) is 2.19. The maximum Gasteiger partial charge on any atom is 0.317 e. The first-order valence-corrected chi connectivity index (χ1v) is 6.87. The van der Waals surface area contributed by atoms with Crippen LogP contribution in [0, 0.1) is 5.92 Å². The minimum absolute atomic E-state index is 0.190. The Morgan fingerprint density at radius 2 is 2.00 bits per heavy atom. The molecule has 0 spiro atoms. The third kappa shape index (κ3) is 5.69. The Balaban J connectivity index is 2.35. The van der Waals surface area contributed by atoms with Crippen molar-refractivity contribution in [3.8, 4) is 0 Å². The Morgan fingerprint density at radius 3 is 2.52 bits per heavy atom. The number of nitrogens with zero attached hydrogens (tertiary/aromatic N) is 1. The summed E-state index contributed by atoms with van der Waals surface area (Å²) in [6, 6.07) is 7.69. The lowest BCUT2D eigenvalue weighted by molar-refractivity contribution is -0.141. The molecule has 0 saturated carbocycles. The Morgan fingerprint density at radius 1 is 1.38 bits per heavy atom. The van der Waals surface area contributed by atoms with Crippen LogP contribution in [0.1, 0.15) is 18.1 Å². The highest BCUT2D eigenvalue weighted by atomic mass is 16.4. The molecule has 5 heteroatoms. The van der Waals surface area contributed by atoms with E-state index in [1.54, 1.807) is 20.0 Å². The van der Waals surface area contributed by atoms with Crippen LogP contribution in [0.5, 0.6) is 0 Å². The van der Waals surface area contributed by atoms with Crippen molar-refractivity contribution in [3.05, 3.63) is 42.0 Å². The molecule has 2 amide bonds. The molecule has 1 rings (SSSR count). The van der Waals surface area contributed by atoms with E-state index in [1.165, 1.54) is 4.90 Å². The van der Waals surface area contributed by atoms with Crippen molar-refractivity contribution in [2.45, 2.75) is 13.3 Å². The van der Waals surface area contributed by atoms with Gasteiger partial charge in [0.25, 0.3) is 0 Å². The van der Waals surface area contributed by atoms with Crippen molar-refractivity contribution >= 4 is 18.1 Å². The normalized spacial score (nSPS) is 11.5. The number of hydrogen-bond donors (Lipinski definition) is 2. The molecule has 0 aliphatic rings. The second-order valence-corrected chi connectivity index (χ2v) is 5.05. The summed E-state index contributed by atoms with van der Waals surface area (Å²) >= 11 is 0. The number of carbonyl (C=O) groups is 2. The van der Waals surface area contributed by atoms with E-state index < -0.39 is 11.9 Å². The van der Waals surface area contributed by atoms with Gasteiger partial charge in [-0.05, 0) is 17.5 Å². The van der Waals surface area contributed by atoms with Gasteiger partial charge in [0.15, 0.2) is 0 Å². The first kappa shape index (κ1) is 16.8. The quantitative estimate of drug-likeness (QED) is 0.809. The molecule has 2 N–H and O–H groups in total. The number of nitrogens with one attached hydrogen (secondary N) is 1. The fourth-order valence-corrected chi connectivity index (χ4v) is 1.84. The molecule has 1 aromatic carbocycles. The predicted molar refractivity (Wildman–Crippen MR) is 83.1 cm³/mol. The summed E-state index contributed by atoms with van der Waals surface area (Å²) in [5, 5.41) is 11.6. The number of aliphatic carboxylic acids is 1. The fraction of sp³-hybridized carbons (Fsp3) is 0.375. The average Bonchev–Trinajstić information content (AvgIpc) is 2.47. The number of urea groups is 1. The largest absolute Gasteiger partial charge is 0.481 e. The zero-order valence-corrected chi connectivity index (χ0v) is 12.5. The highest BCUT2D eigenvalue weighted by Crippen LogP contribution is 2.05. The number of rotatable bonds is 7. The van der Waals surface area contributed by atoms with Crippen molar-refractivity contribution in [1.82, 2.24) is 10.2 Å². The van der Waals surface area contributed by atoms with E-state index in [1.807, 2.05) is 24.3 Å². The SMILES string of the molecule is C=Cc1ccc(CCNC(=O)N(C)CC(C)C(=O)O)cc1. The van der Waals surface area contributed by atoms with Gasteiger partial charge >= 0.3 is 12.0 Å². The lowest BCUT2D eigenvalue weighted by Gasteiger charge is -2.20. The van der Waals surface area contributed by atoms with Crippen LogP contribution >= 0.6 is 0 Å². The van der Waals surface area contributed by atoms with Crippen LogP contribution in [-0.2, 0) is 11.2 Å². The van der Waals surface area contributed by atoms with E-state index in [-0.39, 0.29) is 12.6 Å². The zero-order chi connectivity index (χ0) is 15.8. The van der Waals surface area contributed by atoms with Gasteiger partial charge in [-0.3, -0.25) is 4.79 Å². The molecule has 0 fully saturated rings. The number of carbonyl (C=O) groups excluding carboxylic acids is 1. The third-order valence-corrected chi connectivity index (χ3v) is 3.22. The lowest BCUT2D eigenvalue weighted by atomic mass is 10.1. The molecule has 0 aliphatic carbocycles. The Hall–Kier alpha value is -2.30. The van der Waals surface area contributed by atoms with Crippen molar-refractivity contribution < 1.29 is 14.7 Å². The number of amides is 2. The van der Waals surface area contributed by atoms with E-state index in [0.717, 1.165) is 17.5 Å². The highest BCUT2D eigenvalue weighted by molar-refractivity contribution is 5.75. The first-order valence-electron chi connectivity index (χ1n) is 6.87. The van der Waals surface area contributed by atoms with E-state index in [2.05, 4.69) is 11.9 Å². The van der Waals surface area contributed by atoms with Gasteiger partial charge in [0.05, 0.1) is 5.92 Å². The molecule has 0 radical (unpaired) electrons. The topological polar surface area (TPSA) is 69.6 Å². The molecule has 0 saturated heterocycles. The molecular weight excluding hydrogens is 268 g/mol. The summed E-state index contributed by atoms with van der Waals surface area (Å²) in [7, 11) is 1.59. The van der Waals surface area contributed by atoms with Crippen LogP contribution in [-0.4, -0.2) is 42.1 Å². The minimum atomic E-state index is -0.906. The van der Waals surface area contributed by atoms with E-state index >= 15 is 0 Å². The molecule has 1 unspecified atom stereocenters. The number of carboxylic acids is 1. The van der Waals surface area contributed by atoms with Gasteiger partial charge in [-0.1, -0.05) is 43.8 Å². The van der Waals surface area contributed by atoms with Gasteiger partial charge < -0.3 is 15.3 Å². The standard InChI is InChI=1S/C16H22N2O3/c1-4-13-5-7-14(8-6-13)9-10-17-16(21)18(3)11-12(2)15(19)20/h4-8,12H,1,9-11H2,2-3H3,(H,17,21)(H,19,20). The molecule has 0 heterocycles. The number of carboxylic acid groups (broad SMARTS) is 1. The predicted octanol–water partition coefficient (Wildman–Crippen LogP) is 2.23. The van der Waals surface area contributed by atoms with Gasteiger partial charge in [-0.2, -0.15) is 0 Å². The van der Waals surface area contributed by atoms with Crippen LogP contribution in [0.3, 0.4) is 0 Å². The fourth-order valence-electron chi connectivity index (χ4n) is 1.84. The van der Waals surface area contributed by atoms with Gasteiger partial charge in [0, 0.05) is 20.1 Å². The summed E-state index contributed by atoms with van der Waals surface area (Å²) in [6.45, 7) is 5.98. The minimum Gasteiger partial charge on any atom is -0.481 e. The van der Waals surface area contributed by atoms with E-state index in [9.17, 15) is 9.59 Å². The smallest absolute Gasteiger partial charge is 0.317 e. The van der Waals surface area contributed by atoms with Crippen molar-refractivity contribution in [2.75, 3.05) is 20.1 Å². The highest BCUT2D eigenvalue weighted by Gasteiger charge is 2.16. The second-order valence-electron chi connectivity index (χ2n) is 5.05. The second kappa shape index (κ2) is 8.09. The van der Waals surface area contributed by atoms with Gasteiger partial charge in [-0.15, -0.1) is 0 Å². The number of benzene rings is 1. The molecular formula is C16H22N2O3. The molecule has 0 aliphatic heterocycles. The number of hydrogen-bond acceptors (Lipinski definition) is 2. The summed E-state index contributed by atoms with van der Waals surface area (Å²) in [5.74, 6) is -1.48. The average molecular weight is 290 g/mol. The van der Waals surface area contributed by atoms with Gasteiger partial charge in [0.2, 0.25) is 0 Å². The summed E-state index contributed by atoms with van der Waals surface area (Å²) < 4.78 is 0. The molecule has 114 valence electrons. The molecule has 21 heavy (non-hydrogen) atoms. The summed E-state index contributed by atoms with van der Waals surface area (Å²) in [4.78, 5) is 23.9. The lowest BCUT2D eigenvalue weighted by Crippen LogP contribution is -2.41. The summed E-state index contributed by atoms with van der Waals surface area (Å²) in [6.07, 6.45) is 2.51. The Bertz CT molecular complexity index is 497. The van der Waals surface area contributed by atoms with E-state index in [0.29, 0.717) is 6.54 Å². The molecule has 1 aromatic rings. The van der Waals surface area contributed by atoms with Crippen LogP contribution in [0.25, 0.3) is 6.08 Å². The van der Waals surface area contributed by atoms with Crippen molar-refractivity contribution in [1.29, 1.82) is 0 Å². The first-order chi connectivity index (χ1) is 9.93. The monoisotopic (exact) mass is 290 g/mol. The van der Waals surface area contributed by atoms with Gasteiger partial charge in [0.1, 0.15) is 0 Å². The molecule has 0 bridgehead atoms. The third-order valence-electron chi connectivity index (χ3n) is 3.22. The van der Waals surface area contributed by atoms with Crippen LogP contribution in [0.15, 0.2) is 30.8 Å². The van der Waals surface area contributed by atoms with Crippen molar-refractivity contribution in [2.24, 2.45) is 5.92 Å². The van der Waals surface area contributed by atoms with Crippen LogP contribution in [0.2, 0.25) is 0 Å². The maximum absolute atomic E-state index is 11.8. The Labute approximate surface area is 125 Å². The van der Waals surface area contributed by atoms with Crippen LogP contribution < -0.4 is 5.32 Å². The van der Waals surface area contributed by atoms with Gasteiger partial charge in [-0.25, -0.2) is 4.79 Å². The molecule has 5 nitrogen and oxygen atoms in total. The molecule has 0 aromatic heterocycles. The molecule has 1 atom stereocenters. The van der Waals surface area contributed by atoms with Crippen LogP contribution in [0.4, 0.5) is 4.79 Å². The maximum atomic E-state index is 11.8.